The third-order valence-corrected chi connectivity index (χ3v) is 8.19. The largest absolute Gasteiger partial charge is 0.439 e. The van der Waals surface area contributed by atoms with Gasteiger partial charge in [0, 0.05) is 15.6 Å². The van der Waals surface area contributed by atoms with Gasteiger partial charge in [-0.05, 0) is 35.9 Å². The molecular weight excluding hydrogens is 521 g/mol. The first kappa shape index (κ1) is 22.2. The summed E-state index contributed by atoms with van der Waals surface area (Å²) in [5.41, 5.74) is 7.71. The quantitative estimate of drug-likeness (QED) is 0.500. The maximum atomic E-state index is 14.5. The predicted octanol–water partition coefficient (Wildman–Crippen LogP) is 5.11. The summed E-state index contributed by atoms with van der Waals surface area (Å²) in [5, 5.41) is 9.90. The number of hydrogen-bond donors (Lipinski definition) is 1. The average Bonchev–Trinajstić information content (AvgIpc) is 2.82. The van der Waals surface area contributed by atoms with Gasteiger partial charge in [0.25, 0.3) is 10.0 Å². The average molecular weight is 538 g/mol. The Kier molecular flexibility index (Phi) is 5.42. The van der Waals surface area contributed by atoms with Crippen LogP contribution in [0.1, 0.15) is 22.6 Å². The Morgan fingerprint density at radius 3 is 2.56 bits per heavy atom. The van der Waals surface area contributed by atoms with E-state index in [-0.39, 0.29) is 34.2 Å². The second-order valence-corrected chi connectivity index (χ2v) is 10.5. The molecule has 0 unspecified atom stereocenters. The molecule has 3 aromatic rings. The summed E-state index contributed by atoms with van der Waals surface area (Å²) in [6.45, 7) is -0.227. The number of ether oxygens (including phenoxy) is 1. The molecule has 170 valence electrons. The van der Waals surface area contributed by atoms with Crippen LogP contribution in [-0.4, -0.2) is 8.42 Å². The highest BCUT2D eigenvalue weighted by atomic mass is 79.9. The number of nitrogens with zero attached hydrogens (tertiary/aromatic N) is 2. The van der Waals surface area contributed by atoms with Gasteiger partial charge < -0.3 is 10.5 Å². The van der Waals surface area contributed by atoms with Gasteiger partial charge in [0.05, 0.1) is 18.2 Å². The highest BCUT2D eigenvalue weighted by Crippen LogP contribution is 2.51. The molecule has 0 radical (unpaired) electrons. The molecule has 0 amide bonds. The first-order chi connectivity index (χ1) is 16.3. The van der Waals surface area contributed by atoms with E-state index in [1.807, 2.05) is 6.07 Å². The van der Waals surface area contributed by atoms with Gasteiger partial charge in [0.2, 0.25) is 5.88 Å². The molecular formula is C25H17BrFN3O3S. The Morgan fingerprint density at radius 1 is 1.09 bits per heavy atom. The number of para-hydroxylation sites is 1. The zero-order valence-electron chi connectivity index (χ0n) is 17.6. The lowest BCUT2D eigenvalue weighted by Gasteiger charge is -2.38. The third-order valence-electron chi connectivity index (χ3n) is 5.81. The van der Waals surface area contributed by atoms with E-state index in [9.17, 15) is 18.1 Å². The molecule has 2 N–H and O–H groups in total. The molecule has 5 rings (SSSR count). The fourth-order valence-electron chi connectivity index (χ4n) is 4.28. The van der Waals surface area contributed by atoms with E-state index >= 15 is 0 Å². The topological polar surface area (TPSA) is 96.4 Å². The Balaban J connectivity index is 1.78. The van der Waals surface area contributed by atoms with E-state index < -0.39 is 21.8 Å². The number of anilines is 1. The van der Waals surface area contributed by atoms with E-state index in [0.29, 0.717) is 21.3 Å². The highest BCUT2D eigenvalue weighted by Gasteiger charge is 2.47. The molecule has 0 bridgehead atoms. The predicted molar refractivity (Wildman–Crippen MR) is 130 cm³/mol. The van der Waals surface area contributed by atoms with Crippen LogP contribution in [0.2, 0.25) is 0 Å². The lowest BCUT2D eigenvalue weighted by atomic mass is 9.88. The number of benzene rings is 3. The Hall–Kier alpha value is -3.61. The minimum atomic E-state index is -4.26. The van der Waals surface area contributed by atoms with Crippen molar-refractivity contribution in [3.8, 4) is 6.07 Å². The van der Waals surface area contributed by atoms with Crippen LogP contribution in [0.25, 0.3) is 5.76 Å². The first-order valence-electron chi connectivity index (χ1n) is 10.3. The van der Waals surface area contributed by atoms with Crippen LogP contribution >= 0.6 is 15.9 Å². The third kappa shape index (κ3) is 3.47. The second-order valence-electron chi connectivity index (χ2n) is 7.79. The van der Waals surface area contributed by atoms with Gasteiger partial charge >= 0.3 is 0 Å². The van der Waals surface area contributed by atoms with Gasteiger partial charge in [-0.25, -0.2) is 12.8 Å². The number of hydrogen-bond acceptors (Lipinski definition) is 5. The second kappa shape index (κ2) is 8.31. The molecule has 3 aromatic carbocycles. The molecule has 34 heavy (non-hydrogen) atoms. The van der Waals surface area contributed by atoms with Crippen molar-refractivity contribution < 1.29 is 17.5 Å². The minimum Gasteiger partial charge on any atom is -0.439 e. The maximum Gasteiger partial charge on any atom is 0.265 e. The van der Waals surface area contributed by atoms with E-state index in [0.717, 1.165) is 4.31 Å². The number of sulfonamides is 1. The van der Waals surface area contributed by atoms with E-state index in [1.165, 1.54) is 6.07 Å². The van der Waals surface area contributed by atoms with Crippen molar-refractivity contribution in [1.29, 1.82) is 5.26 Å². The van der Waals surface area contributed by atoms with Crippen LogP contribution in [0.5, 0.6) is 0 Å². The maximum absolute atomic E-state index is 14.5. The van der Waals surface area contributed by atoms with E-state index in [4.69, 9.17) is 10.5 Å². The standard InChI is InChI=1S/C25H17BrFN3O3S/c26-17-8-5-7-15(12-17)22-19(13-28)25(29)33-23-18-9-2-4-11-21(18)30(34(31,32)24(22)23)14-16-6-1-3-10-20(16)27/h1-12,22H,14,29H2/t22-/m1/s1. The number of rotatable bonds is 3. The molecule has 2 heterocycles. The number of nitriles is 1. The Labute approximate surface area is 204 Å². The van der Waals surface area contributed by atoms with Crippen LogP contribution in [0.15, 0.2) is 93.6 Å². The van der Waals surface area contributed by atoms with Gasteiger partial charge in [-0.3, -0.25) is 4.31 Å². The summed E-state index contributed by atoms with van der Waals surface area (Å²) < 4.78 is 50.5. The van der Waals surface area contributed by atoms with Crippen LogP contribution < -0.4 is 10.0 Å². The smallest absolute Gasteiger partial charge is 0.265 e. The number of nitrogens with two attached hydrogens (primary N) is 1. The molecule has 0 fully saturated rings. The van der Waals surface area contributed by atoms with Gasteiger partial charge in [-0.2, -0.15) is 5.26 Å². The lowest BCUT2D eigenvalue weighted by Crippen LogP contribution is -2.39. The summed E-state index contributed by atoms with van der Waals surface area (Å²) in [5.74, 6) is -1.59. The lowest BCUT2D eigenvalue weighted by molar-refractivity contribution is 0.357. The summed E-state index contributed by atoms with van der Waals surface area (Å²) >= 11 is 3.41. The SMILES string of the molecule is N#CC1=C(N)OC2=C([C@@H]1c1cccc(Br)c1)S(=O)(=O)N(Cc1ccccc1F)c1ccccc12. The fraction of sp³-hybridized carbons (Fsp3) is 0.0800. The molecule has 2 aliphatic rings. The molecule has 0 aromatic heterocycles. The van der Waals surface area contributed by atoms with Gasteiger partial charge in [0.1, 0.15) is 22.4 Å². The van der Waals surface area contributed by atoms with Crippen LogP contribution in [0.4, 0.5) is 10.1 Å². The zero-order chi connectivity index (χ0) is 24.0. The first-order valence-corrected chi connectivity index (χ1v) is 12.5. The number of fused-ring (bicyclic) bond motifs is 2. The van der Waals surface area contributed by atoms with E-state index in [1.54, 1.807) is 66.7 Å². The minimum absolute atomic E-state index is 0.00866. The van der Waals surface area contributed by atoms with Crippen molar-refractivity contribution in [1.82, 2.24) is 0 Å². The van der Waals surface area contributed by atoms with Gasteiger partial charge in [-0.1, -0.05) is 58.4 Å². The molecule has 1 atom stereocenters. The van der Waals surface area contributed by atoms with Crippen molar-refractivity contribution in [2.75, 3.05) is 4.31 Å². The Morgan fingerprint density at radius 2 is 1.82 bits per heavy atom. The van der Waals surface area contributed by atoms with Crippen molar-refractivity contribution >= 4 is 37.4 Å². The molecule has 2 aliphatic heterocycles. The molecule has 0 saturated heterocycles. The van der Waals surface area contributed by atoms with E-state index in [2.05, 4.69) is 15.9 Å². The Bertz CT molecular complexity index is 1540. The van der Waals surface area contributed by atoms with Crippen molar-refractivity contribution in [3.05, 3.63) is 116 Å². The summed E-state index contributed by atoms with van der Waals surface area (Å²) in [4.78, 5) is -0.105. The molecule has 6 nitrogen and oxygen atoms in total. The molecule has 0 spiro atoms. The summed E-state index contributed by atoms with van der Waals surface area (Å²) in [7, 11) is -4.26. The monoisotopic (exact) mass is 537 g/mol. The van der Waals surface area contributed by atoms with Crippen molar-refractivity contribution in [3.63, 3.8) is 0 Å². The highest BCUT2D eigenvalue weighted by molar-refractivity contribution is 9.10. The molecule has 0 saturated carbocycles. The van der Waals surface area contributed by atoms with Crippen LogP contribution in [0, 0.1) is 17.1 Å². The fourth-order valence-corrected chi connectivity index (χ4v) is 6.60. The van der Waals surface area contributed by atoms with Gasteiger partial charge in [0.15, 0.2) is 5.76 Å². The number of halogens is 2. The normalized spacial score (nSPS) is 18.6. The zero-order valence-corrected chi connectivity index (χ0v) is 20.0. The van der Waals surface area contributed by atoms with Gasteiger partial charge in [-0.15, -0.1) is 0 Å². The molecule has 9 heteroatoms. The molecule has 0 aliphatic carbocycles. The number of allylic oxidation sites excluding steroid dienone is 2. The van der Waals surface area contributed by atoms with Crippen molar-refractivity contribution in [2.24, 2.45) is 5.73 Å². The van der Waals surface area contributed by atoms with Crippen LogP contribution in [0.3, 0.4) is 0 Å². The summed E-state index contributed by atoms with van der Waals surface area (Å²) in [6, 6.07) is 21.9. The van der Waals surface area contributed by atoms with Crippen molar-refractivity contribution in [2.45, 2.75) is 12.5 Å². The summed E-state index contributed by atoms with van der Waals surface area (Å²) in [6.07, 6.45) is 0. The van der Waals surface area contributed by atoms with Crippen LogP contribution in [-0.2, 0) is 21.3 Å².